The van der Waals surface area contributed by atoms with Crippen LogP contribution in [0, 0.1) is 6.92 Å². The first kappa shape index (κ1) is 19.0. The van der Waals surface area contributed by atoms with Crippen LogP contribution >= 0.6 is 11.8 Å². The molecule has 8 heteroatoms. The molecule has 25 heavy (non-hydrogen) atoms. The molecule has 0 aliphatic rings. The fourth-order valence-corrected chi connectivity index (χ4v) is 3.03. The van der Waals surface area contributed by atoms with Gasteiger partial charge in [-0.25, -0.2) is 4.98 Å². The van der Waals surface area contributed by atoms with Gasteiger partial charge in [-0.3, -0.25) is 9.59 Å². The van der Waals surface area contributed by atoms with Gasteiger partial charge in [0.2, 0.25) is 11.8 Å². The summed E-state index contributed by atoms with van der Waals surface area (Å²) in [5, 5.41) is 15.5. The van der Waals surface area contributed by atoms with E-state index in [-0.39, 0.29) is 30.7 Å². The number of thioether (sulfide) groups is 1. The van der Waals surface area contributed by atoms with Crippen LogP contribution < -0.4 is 10.6 Å². The molecule has 1 heterocycles. The van der Waals surface area contributed by atoms with E-state index in [1.54, 1.807) is 4.57 Å². The first-order chi connectivity index (χ1) is 12.0. The van der Waals surface area contributed by atoms with Crippen LogP contribution in [0.4, 0.5) is 5.69 Å². The van der Waals surface area contributed by atoms with Gasteiger partial charge in [0.15, 0.2) is 5.16 Å². The Kier molecular flexibility index (Phi) is 7.03. The number of aryl methyl sites for hydroxylation is 1. The summed E-state index contributed by atoms with van der Waals surface area (Å²) in [5.41, 5.74) is 2.30. The van der Waals surface area contributed by atoms with Gasteiger partial charge in [0, 0.05) is 12.2 Å². The molecule has 1 aromatic heterocycles. The van der Waals surface area contributed by atoms with Crippen molar-refractivity contribution in [2.24, 2.45) is 0 Å². The van der Waals surface area contributed by atoms with E-state index in [4.69, 9.17) is 0 Å². The summed E-state index contributed by atoms with van der Waals surface area (Å²) >= 11 is 1.23. The highest BCUT2D eigenvalue weighted by Crippen LogP contribution is 2.20. The highest BCUT2D eigenvalue weighted by molar-refractivity contribution is 7.99. The first-order valence-electron chi connectivity index (χ1n) is 7.95. The van der Waals surface area contributed by atoms with E-state index in [9.17, 15) is 14.7 Å². The van der Waals surface area contributed by atoms with E-state index in [1.165, 1.54) is 18.0 Å². The molecule has 0 aliphatic carbocycles. The number of carbonyl (C=O) groups excluding carboxylic acids is 2. The number of rotatable bonds is 8. The van der Waals surface area contributed by atoms with Crippen LogP contribution in [-0.4, -0.2) is 38.8 Å². The monoisotopic (exact) mass is 362 g/mol. The van der Waals surface area contributed by atoms with Crippen LogP contribution in [0.2, 0.25) is 0 Å². The Morgan fingerprint density at radius 1 is 1.28 bits per heavy atom. The van der Waals surface area contributed by atoms with Gasteiger partial charge in [0.05, 0.1) is 24.3 Å². The number of nitrogens with zero attached hydrogens (tertiary/aromatic N) is 2. The third kappa shape index (κ3) is 5.33. The van der Waals surface area contributed by atoms with Crippen molar-refractivity contribution in [3.63, 3.8) is 0 Å². The first-order valence-corrected chi connectivity index (χ1v) is 8.94. The quantitative estimate of drug-likeness (QED) is 0.619. The number of anilines is 1. The topological polar surface area (TPSA) is 96.2 Å². The van der Waals surface area contributed by atoms with Crippen molar-refractivity contribution in [3.8, 4) is 0 Å². The number of hydrogen-bond donors (Lipinski definition) is 3. The van der Waals surface area contributed by atoms with Crippen LogP contribution in [0.25, 0.3) is 0 Å². The number of aliphatic hydroxyl groups excluding tert-OH is 1. The normalized spacial score (nSPS) is 10.5. The molecule has 0 saturated carbocycles. The number of amides is 2. The number of aromatic nitrogens is 2. The molecule has 7 nitrogen and oxygen atoms in total. The minimum atomic E-state index is -0.220. The van der Waals surface area contributed by atoms with E-state index < -0.39 is 0 Å². The summed E-state index contributed by atoms with van der Waals surface area (Å²) in [6.45, 7) is 4.14. The van der Waals surface area contributed by atoms with Crippen molar-refractivity contribution in [2.45, 2.75) is 32.2 Å². The van der Waals surface area contributed by atoms with Crippen LogP contribution in [0.15, 0.2) is 35.6 Å². The summed E-state index contributed by atoms with van der Waals surface area (Å²) in [6, 6.07) is 7.55. The molecule has 2 rings (SSSR count). The zero-order valence-corrected chi connectivity index (χ0v) is 15.1. The lowest BCUT2D eigenvalue weighted by atomic mass is 10.2. The Morgan fingerprint density at radius 2 is 2.04 bits per heavy atom. The maximum Gasteiger partial charge on any atom is 0.240 e. The second kappa shape index (κ2) is 9.24. The lowest BCUT2D eigenvalue weighted by Gasteiger charge is -2.11. The summed E-state index contributed by atoms with van der Waals surface area (Å²) in [5.74, 6) is -0.162. The molecule has 2 amide bonds. The molecular formula is C17H22N4O3S. The Bertz CT molecular complexity index is 745. The second-order valence-corrected chi connectivity index (χ2v) is 6.32. The molecule has 1 aromatic carbocycles. The summed E-state index contributed by atoms with van der Waals surface area (Å²) in [6.07, 6.45) is 1.51. The number of imidazole rings is 1. The Hall–Kier alpha value is -2.32. The van der Waals surface area contributed by atoms with Gasteiger partial charge in [0.1, 0.15) is 6.54 Å². The van der Waals surface area contributed by atoms with E-state index >= 15 is 0 Å². The van der Waals surface area contributed by atoms with E-state index in [1.807, 2.05) is 38.1 Å². The fourth-order valence-electron chi connectivity index (χ4n) is 2.23. The molecule has 0 bridgehead atoms. The number of nitrogens with one attached hydrogen (secondary N) is 2. The van der Waals surface area contributed by atoms with E-state index in [0.717, 1.165) is 11.3 Å². The molecule has 0 atom stereocenters. The Labute approximate surface area is 150 Å². The predicted octanol–water partition coefficient (Wildman–Crippen LogP) is 1.55. The van der Waals surface area contributed by atoms with Gasteiger partial charge in [-0.1, -0.05) is 30.0 Å². The maximum absolute atomic E-state index is 12.2. The number of benzene rings is 1. The van der Waals surface area contributed by atoms with E-state index in [0.29, 0.717) is 17.4 Å². The zero-order valence-electron chi connectivity index (χ0n) is 14.3. The number of hydrogen-bond acceptors (Lipinski definition) is 5. The van der Waals surface area contributed by atoms with Gasteiger partial charge < -0.3 is 20.3 Å². The Balaban J connectivity index is 2.00. The second-order valence-electron chi connectivity index (χ2n) is 5.38. The third-order valence-electron chi connectivity index (χ3n) is 3.49. The summed E-state index contributed by atoms with van der Waals surface area (Å²) in [7, 11) is 0. The highest BCUT2D eigenvalue weighted by Gasteiger charge is 2.15. The van der Waals surface area contributed by atoms with Crippen LogP contribution in [0.3, 0.4) is 0 Å². The van der Waals surface area contributed by atoms with Crippen molar-refractivity contribution in [3.05, 3.63) is 41.7 Å². The van der Waals surface area contributed by atoms with E-state index in [2.05, 4.69) is 15.6 Å². The number of carbonyl (C=O) groups is 2. The predicted molar refractivity (Wildman–Crippen MR) is 97.4 cm³/mol. The third-order valence-corrected chi connectivity index (χ3v) is 4.48. The molecule has 3 N–H and O–H groups in total. The molecule has 0 fully saturated rings. The average Bonchev–Trinajstić information content (AvgIpc) is 2.97. The molecule has 2 aromatic rings. The zero-order chi connectivity index (χ0) is 18.2. The van der Waals surface area contributed by atoms with Crippen LogP contribution in [0.1, 0.15) is 18.2 Å². The van der Waals surface area contributed by atoms with Crippen molar-refractivity contribution >= 4 is 29.3 Å². The van der Waals surface area contributed by atoms with Crippen molar-refractivity contribution in [1.82, 2.24) is 14.9 Å². The molecule has 0 unspecified atom stereocenters. The van der Waals surface area contributed by atoms with Gasteiger partial charge in [-0.15, -0.1) is 0 Å². The maximum atomic E-state index is 12.2. The van der Waals surface area contributed by atoms with Gasteiger partial charge >= 0.3 is 0 Å². The van der Waals surface area contributed by atoms with Crippen molar-refractivity contribution in [1.29, 1.82) is 0 Å². The molecule has 134 valence electrons. The average molecular weight is 362 g/mol. The molecule has 0 spiro atoms. The van der Waals surface area contributed by atoms with Crippen LogP contribution in [0.5, 0.6) is 0 Å². The van der Waals surface area contributed by atoms with Crippen molar-refractivity contribution in [2.75, 3.05) is 17.6 Å². The van der Waals surface area contributed by atoms with Gasteiger partial charge in [-0.05, 0) is 25.5 Å². The number of likely N-dealkylation sites (N-methyl/N-ethyl adjacent to an activating group) is 1. The fraction of sp³-hybridized carbons (Fsp3) is 0.353. The Morgan fingerprint density at radius 3 is 2.72 bits per heavy atom. The largest absolute Gasteiger partial charge is 0.390 e. The molecular weight excluding hydrogens is 340 g/mol. The van der Waals surface area contributed by atoms with Gasteiger partial charge in [-0.2, -0.15) is 0 Å². The number of para-hydroxylation sites is 1. The SMILES string of the molecule is CCNC(=O)Cn1c(CO)cnc1SCC(=O)Nc1ccccc1C. The highest BCUT2D eigenvalue weighted by atomic mass is 32.2. The standard InChI is InChI=1S/C17H22N4O3S/c1-3-18-15(23)9-21-13(10-22)8-19-17(21)25-11-16(24)20-14-7-5-4-6-12(14)2/h4-8,22H,3,9-11H2,1-2H3,(H,18,23)(H,20,24). The summed E-state index contributed by atoms with van der Waals surface area (Å²) < 4.78 is 1.62. The molecule has 0 radical (unpaired) electrons. The molecule has 0 saturated heterocycles. The smallest absolute Gasteiger partial charge is 0.240 e. The minimum Gasteiger partial charge on any atom is -0.390 e. The number of aliphatic hydroxyl groups is 1. The van der Waals surface area contributed by atoms with Crippen molar-refractivity contribution < 1.29 is 14.7 Å². The lowest BCUT2D eigenvalue weighted by Crippen LogP contribution is -2.28. The minimum absolute atomic E-state index is 0.0610. The van der Waals surface area contributed by atoms with Gasteiger partial charge in [0.25, 0.3) is 0 Å². The summed E-state index contributed by atoms with van der Waals surface area (Å²) in [4.78, 5) is 28.2. The lowest BCUT2D eigenvalue weighted by molar-refractivity contribution is -0.121. The van der Waals surface area contributed by atoms with Crippen LogP contribution in [-0.2, 0) is 22.7 Å². The molecule has 0 aliphatic heterocycles.